The van der Waals surface area contributed by atoms with Gasteiger partial charge in [0.2, 0.25) is 0 Å². The zero-order valence-corrected chi connectivity index (χ0v) is 15.1. The molecule has 0 bridgehead atoms. The molecule has 0 aromatic heterocycles. The Morgan fingerprint density at radius 1 is 1.11 bits per heavy atom. The number of benzene rings is 2. The van der Waals surface area contributed by atoms with Crippen LogP contribution in [0.3, 0.4) is 0 Å². The highest BCUT2D eigenvalue weighted by atomic mass is 19.1. The Balaban J connectivity index is 1.84. The van der Waals surface area contributed by atoms with E-state index < -0.39 is 5.82 Å². The number of hydrogen-bond acceptors (Lipinski definition) is 4. The average molecular weight is 372 g/mol. The summed E-state index contributed by atoms with van der Waals surface area (Å²) in [6, 6.07) is 11.1. The number of hydrogen-bond donors (Lipinski definition) is 2. The highest BCUT2D eigenvalue weighted by molar-refractivity contribution is 5.68. The minimum absolute atomic E-state index is 0.100. The first-order valence-electron chi connectivity index (χ1n) is 8.74. The normalized spacial score (nSPS) is 13.7. The summed E-state index contributed by atoms with van der Waals surface area (Å²) in [5.41, 5.74) is 6.63. The second-order valence-corrected chi connectivity index (χ2v) is 6.30. The van der Waals surface area contributed by atoms with E-state index in [1.165, 1.54) is 25.3 Å². The number of methoxy groups -OCH3 is 1. The molecule has 0 aliphatic carbocycles. The van der Waals surface area contributed by atoms with Crippen molar-refractivity contribution in [2.24, 2.45) is 0 Å². The van der Waals surface area contributed by atoms with Gasteiger partial charge in [-0.25, -0.2) is 8.78 Å². The monoisotopic (exact) mass is 372 g/mol. The van der Waals surface area contributed by atoms with Crippen molar-refractivity contribution in [2.75, 3.05) is 13.7 Å². The topological polar surface area (TPSA) is 44.7 Å². The molecule has 6 heteroatoms. The molecule has 27 heavy (non-hydrogen) atoms. The SMILES string of the molecule is COc1ccc(C2=CC(CCCO)=CN(Cc3ccc(F)cc3)N2)cc1F. The number of ether oxygens (including phenoxy) is 1. The number of hydrazine groups is 1. The summed E-state index contributed by atoms with van der Waals surface area (Å²) in [6.45, 7) is 0.613. The Kier molecular flexibility index (Phi) is 6.08. The molecule has 0 fully saturated rings. The highest BCUT2D eigenvalue weighted by Crippen LogP contribution is 2.26. The number of rotatable bonds is 7. The van der Waals surface area contributed by atoms with Gasteiger partial charge in [-0.15, -0.1) is 0 Å². The maximum Gasteiger partial charge on any atom is 0.165 e. The van der Waals surface area contributed by atoms with Gasteiger partial charge in [0.15, 0.2) is 11.6 Å². The van der Waals surface area contributed by atoms with Gasteiger partial charge in [-0.05, 0) is 60.4 Å². The van der Waals surface area contributed by atoms with Gasteiger partial charge in [-0.2, -0.15) is 0 Å². The Hall–Kier alpha value is -2.86. The lowest BCUT2D eigenvalue weighted by atomic mass is 10.0. The van der Waals surface area contributed by atoms with Gasteiger partial charge in [-0.1, -0.05) is 12.1 Å². The molecule has 0 unspecified atom stereocenters. The Morgan fingerprint density at radius 3 is 2.56 bits per heavy atom. The van der Waals surface area contributed by atoms with E-state index in [2.05, 4.69) is 5.43 Å². The fraction of sp³-hybridized carbons (Fsp3) is 0.238. The molecule has 1 aliphatic heterocycles. The van der Waals surface area contributed by atoms with Gasteiger partial charge < -0.3 is 9.84 Å². The number of aliphatic hydroxyl groups is 1. The number of halogens is 2. The largest absolute Gasteiger partial charge is 0.494 e. The zero-order valence-electron chi connectivity index (χ0n) is 15.1. The van der Waals surface area contributed by atoms with Crippen LogP contribution in [0.15, 0.2) is 60.3 Å². The summed E-state index contributed by atoms with van der Waals surface area (Å²) >= 11 is 0. The molecule has 0 atom stereocenters. The minimum Gasteiger partial charge on any atom is -0.494 e. The first kappa shape index (κ1) is 18.9. The summed E-state index contributed by atoms with van der Waals surface area (Å²) in [5.74, 6) is -0.526. The minimum atomic E-state index is -0.436. The van der Waals surface area contributed by atoms with Crippen LogP contribution in [0.4, 0.5) is 8.78 Å². The summed E-state index contributed by atoms with van der Waals surface area (Å²) in [4.78, 5) is 0. The van der Waals surface area contributed by atoms with Gasteiger partial charge in [0.25, 0.3) is 0 Å². The second kappa shape index (κ2) is 8.68. The standard InChI is InChI=1S/C21H22F2N2O2/c1-27-21-9-6-17(12-19(21)23)20-11-16(3-2-10-26)14-25(24-20)13-15-4-7-18(22)8-5-15/h4-9,11-12,14,24,26H,2-3,10,13H2,1H3. The third-order valence-corrected chi connectivity index (χ3v) is 4.27. The maximum atomic E-state index is 14.1. The zero-order chi connectivity index (χ0) is 19.2. The first-order chi connectivity index (χ1) is 13.1. The van der Waals surface area contributed by atoms with Crippen LogP contribution in [0.1, 0.15) is 24.0 Å². The summed E-state index contributed by atoms with van der Waals surface area (Å²) in [5, 5.41) is 11.0. The molecule has 142 valence electrons. The van der Waals surface area contributed by atoms with Crippen molar-refractivity contribution in [2.45, 2.75) is 19.4 Å². The smallest absolute Gasteiger partial charge is 0.165 e. The third kappa shape index (κ3) is 4.86. The Bertz CT molecular complexity index is 848. The van der Waals surface area contributed by atoms with Gasteiger partial charge in [-0.3, -0.25) is 10.4 Å². The van der Waals surface area contributed by atoms with E-state index in [-0.39, 0.29) is 18.2 Å². The lowest BCUT2D eigenvalue weighted by Crippen LogP contribution is -2.34. The summed E-state index contributed by atoms with van der Waals surface area (Å²) in [6.07, 6.45) is 5.22. The van der Waals surface area contributed by atoms with Crippen LogP contribution >= 0.6 is 0 Å². The number of nitrogens with zero attached hydrogens (tertiary/aromatic N) is 1. The number of aliphatic hydroxyl groups excluding tert-OH is 1. The fourth-order valence-electron chi connectivity index (χ4n) is 2.92. The van der Waals surface area contributed by atoms with Crippen molar-refractivity contribution in [1.29, 1.82) is 0 Å². The average Bonchev–Trinajstić information content (AvgIpc) is 2.68. The molecule has 2 aromatic carbocycles. The molecule has 0 saturated heterocycles. The maximum absolute atomic E-state index is 14.1. The van der Waals surface area contributed by atoms with Gasteiger partial charge in [0.05, 0.1) is 19.4 Å². The molecule has 4 nitrogen and oxygen atoms in total. The van der Waals surface area contributed by atoms with Gasteiger partial charge in [0.1, 0.15) is 5.82 Å². The van der Waals surface area contributed by atoms with Crippen LogP contribution in [-0.2, 0) is 6.54 Å². The van der Waals surface area contributed by atoms with Crippen molar-refractivity contribution in [3.05, 3.63) is 83.1 Å². The van der Waals surface area contributed by atoms with Gasteiger partial charge in [0, 0.05) is 18.4 Å². The third-order valence-electron chi connectivity index (χ3n) is 4.27. The molecule has 0 amide bonds. The van der Waals surface area contributed by atoms with Crippen molar-refractivity contribution in [3.63, 3.8) is 0 Å². The molecule has 1 aliphatic rings. The van der Waals surface area contributed by atoms with E-state index in [1.807, 2.05) is 17.3 Å². The predicted molar refractivity (Wildman–Crippen MR) is 100 cm³/mol. The van der Waals surface area contributed by atoms with Crippen LogP contribution < -0.4 is 10.2 Å². The van der Waals surface area contributed by atoms with Crippen LogP contribution in [0.25, 0.3) is 5.70 Å². The van der Waals surface area contributed by atoms with E-state index >= 15 is 0 Å². The van der Waals surface area contributed by atoms with E-state index in [1.54, 1.807) is 24.3 Å². The first-order valence-corrected chi connectivity index (χ1v) is 8.74. The molecule has 0 radical (unpaired) electrons. The van der Waals surface area contributed by atoms with Crippen molar-refractivity contribution >= 4 is 5.70 Å². The molecular formula is C21H22F2N2O2. The van der Waals surface area contributed by atoms with Crippen LogP contribution in [0, 0.1) is 11.6 Å². The van der Waals surface area contributed by atoms with Crippen LogP contribution in [0.2, 0.25) is 0 Å². The molecule has 2 aromatic rings. The van der Waals surface area contributed by atoms with Crippen molar-refractivity contribution < 1.29 is 18.6 Å². The quantitative estimate of drug-likeness (QED) is 0.771. The number of allylic oxidation sites excluding steroid dienone is 2. The highest BCUT2D eigenvalue weighted by Gasteiger charge is 2.15. The lowest BCUT2D eigenvalue weighted by molar-refractivity contribution is 0.285. The van der Waals surface area contributed by atoms with Crippen LogP contribution in [0.5, 0.6) is 5.75 Å². The van der Waals surface area contributed by atoms with Crippen molar-refractivity contribution in [3.8, 4) is 5.75 Å². The predicted octanol–water partition coefficient (Wildman–Crippen LogP) is 3.99. The van der Waals surface area contributed by atoms with E-state index in [0.29, 0.717) is 24.9 Å². The molecule has 3 rings (SSSR count). The fourth-order valence-corrected chi connectivity index (χ4v) is 2.92. The Morgan fingerprint density at radius 2 is 1.89 bits per heavy atom. The molecule has 1 heterocycles. The van der Waals surface area contributed by atoms with Gasteiger partial charge >= 0.3 is 0 Å². The van der Waals surface area contributed by atoms with Crippen LogP contribution in [-0.4, -0.2) is 23.8 Å². The van der Waals surface area contributed by atoms with E-state index in [0.717, 1.165) is 16.8 Å². The molecule has 2 N–H and O–H groups in total. The van der Waals surface area contributed by atoms with E-state index in [9.17, 15) is 8.78 Å². The van der Waals surface area contributed by atoms with Crippen molar-refractivity contribution in [1.82, 2.24) is 10.4 Å². The summed E-state index contributed by atoms with van der Waals surface area (Å²) < 4.78 is 32.2. The molecule has 0 saturated carbocycles. The van der Waals surface area contributed by atoms with E-state index in [4.69, 9.17) is 9.84 Å². The Labute approximate surface area is 157 Å². The molecular weight excluding hydrogens is 350 g/mol. The lowest BCUT2D eigenvalue weighted by Gasteiger charge is -2.29. The number of nitrogens with one attached hydrogen (secondary N) is 1. The summed E-state index contributed by atoms with van der Waals surface area (Å²) in [7, 11) is 1.43. The molecule has 0 spiro atoms. The second-order valence-electron chi connectivity index (χ2n) is 6.30.